The van der Waals surface area contributed by atoms with Crippen LogP contribution >= 0.6 is 11.6 Å². The molecule has 0 aromatic heterocycles. The van der Waals surface area contributed by atoms with Gasteiger partial charge in [-0.1, -0.05) is 57.3 Å². The fourth-order valence-electron chi connectivity index (χ4n) is 2.54. The number of likely N-dealkylation sites (N-methyl/N-ethyl adjacent to an activating group) is 1. The van der Waals surface area contributed by atoms with Crippen molar-refractivity contribution >= 4 is 11.6 Å². The Morgan fingerprint density at radius 3 is 2.11 bits per heavy atom. The molecule has 0 saturated heterocycles. The number of nitrogens with zero attached hydrogens (tertiary/aromatic N) is 1. The Labute approximate surface area is 122 Å². The highest BCUT2D eigenvalue weighted by Crippen LogP contribution is 2.23. The second-order valence-corrected chi connectivity index (χ2v) is 5.51. The van der Waals surface area contributed by atoms with Crippen LogP contribution < -0.4 is 5.73 Å². The Morgan fingerprint density at radius 1 is 1.11 bits per heavy atom. The zero-order chi connectivity index (χ0) is 14.3. The molecule has 1 unspecified atom stereocenters. The molecule has 0 fully saturated rings. The Morgan fingerprint density at radius 2 is 1.68 bits per heavy atom. The van der Waals surface area contributed by atoms with Gasteiger partial charge in [-0.2, -0.15) is 0 Å². The molecule has 0 aliphatic carbocycles. The zero-order valence-electron chi connectivity index (χ0n) is 12.4. The number of halogens is 1. The van der Waals surface area contributed by atoms with Crippen molar-refractivity contribution in [1.82, 2.24) is 4.90 Å². The molecule has 2 N–H and O–H groups in total. The molecule has 0 amide bonds. The molecule has 3 heteroatoms. The van der Waals surface area contributed by atoms with Gasteiger partial charge in [0, 0.05) is 24.2 Å². The van der Waals surface area contributed by atoms with Crippen molar-refractivity contribution in [3.05, 3.63) is 34.9 Å². The van der Waals surface area contributed by atoms with E-state index in [4.69, 9.17) is 17.3 Å². The van der Waals surface area contributed by atoms with Gasteiger partial charge >= 0.3 is 0 Å². The van der Waals surface area contributed by atoms with Crippen molar-refractivity contribution in [1.29, 1.82) is 0 Å². The van der Waals surface area contributed by atoms with Gasteiger partial charge in [-0.15, -0.1) is 0 Å². The summed E-state index contributed by atoms with van der Waals surface area (Å²) in [6.07, 6.45) is 2.45. The van der Waals surface area contributed by atoms with Crippen LogP contribution in [0, 0.1) is 5.92 Å². The first-order valence-corrected chi connectivity index (χ1v) is 7.73. The fraction of sp³-hybridized carbons (Fsp3) is 0.625. The average molecular weight is 283 g/mol. The third kappa shape index (κ3) is 4.79. The molecular formula is C16H27ClN2. The highest BCUT2D eigenvalue weighted by molar-refractivity contribution is 6.30. The van der Waals surface area contributed by atoms with Gasteiger partial charge in [0.05, 0.1) is 0 Å². The van der Waals surface area contributed by atoms with Gasteiger partial charge in [0.2, 0.25) is 0 Å². The van der Waals surface area contributed by atoms with Gasteiger partial charge in [-0.25, -0.2) is 0 Å². The summed E-state index contributed by atoms with van der Waals surface area (Å²) in [5, 5.41) is 0.780. The van der Waals surface area contributed by atoms with Crippen LogP contribution in [-0.2, 0) is 0 Å². The summed E-state index contributed by atoms with van der Waals surface area (Å²) < 4.78 is 0. The number of benzene rings is 1. The summed E-state index contributed by atoms with van der Waals surface area (Å²) in [4.78, 5) is 2.49. The SMILES string of the molecule is CCC(CC)CN(CC)C(CN)c1ccc(Cl)cc1. The zero-order valence-corrected chi connectivity index (χ0v) is 13.2. The van der Waals surface area contributed by atoms with E-state index in [1.807, 2.05) is 12.1 Å². The van der Waals surface area contributed by atoms with E-state index in [2.05, 4.69) is 37.8 Å². The monoisotopic (exact) mass is 282 g/mol. The molecule has 1 rings (SSSR count). The summed E-state index contributed by atoms with van der Waals surface area (Å²) in [7, 11) is 0. The first-order chi connectivity index (χ1) is 9.15. The topological polar surface area (TPSA) is 29.3 Å². The number of hydrogen-bond acceptors (Lipinski definition) is 2. The lowest BCUT2D eigenvalue weighted by molar-refractivity contribution is 0.174. The Balaban J connectivity index is 2.82. The summed E-state index contributed by atoms with van der Waals surface area (Å²) in [6, 6.07) is 8.38. The van der Waals surface area contributed by atoms with E-state index < -0.39 is 0 Å². The second-order valence-electron chi connectivity index (χ2n) is 5.07. The summed E-state index contributed by atoms with van der Waals surface area (Å²) in [5.74, 6) is 0.751. The Kier molecular flexibility index (Phi) is 7.44. The lowest BCUT2D eigenvalue weighted by Crippen LogP contribution is -2.37. The second kappa shape index (κ2) is 8.57. The molecular weight excluding hydrogens is 256 g/mol. The van der Waals surface area contributed by atoms with E-state index in [1.54, 1.807) is 0 Å². The lowest BCUT2D eigenvalue weighted by Gasteiger charge is -2.33. The molecule has 0 spiro atoms. The maximum Gasteiger partial charge on any atom is 0.0470 e. The standard InChI is InChI=1S/C16H27ClN2/c1-4-13(5-2)12-19(6-3)16(11-18)14-7-9-15(17)10-8-14/h7-10,13,16H,4-6,11-12,18H2,1-3H3. The van der Waals surface area contributed by atoms with E-state index >= 15 is 0 Å². The van der Waals surface area contributed by atoms with Gasteiger partial charge in [0.1, 0.15) is 0 Å². The van der Waals surface area contributed by atoms with Crippen LogP contribution in [0.1, 0.15) is 45.2 Å². The van der Waals surface area contributed by atoms with Gasteiger partial charge in [-0.3, -0.25) is 4.90 Å². The molecule has 108 valence electrons. The highest BCUT2D eigenvalue weighted by Gasteiger charge is 2.20. The summed E-state index contributed by atoms with van der Waals surface area (Å²) >= 11 is 5.96. The largest absolute Gasteiger partial charge is 0.329 e. The van der Waals surface area contributed by atoms with Crippen LogP contribution in [0.2, 0.25) is 5.02 Å². The van der Waals surface area contributed by atoms with Crippen molar-refractivity contribution < 1.29 is 0 Å². The molecule has 2 nitrogen and oxygen atoms in total. The van der Waals surface area contributed by atoms with Crippen LogP contribution in [0.3, 0.4) is 0 Å². The van der Waals surface area contributed by atoms with E-state index in [9.17, 15) is 0 Å². The highest BCUT2D eigenvalue weighted by atomic mass is 35.5. The molecule has 0 aliphatic rings. The molecule has 0 saturated carbocycles. The predicted molar refractivity (Wildman–Crippen MR) is 84.6 cm³/mol. The fourth-order valence-corrected chi connectivity index (χ4v) is 2.66. The molecule has 19 heavy (non-hydrogen) atoms. The minimum atomic E-state index is 0.294. The number of rotatable bonds is 8. The molecule has 1 aromatic rings. The average Bonchev–Trinajstić information content (AvgIpc) is 2.45. The molecule has 0 bridgehead atoms. The van der Waals surface area contributed by atoms with Crippen LogP contribution in [0.4, 0.5) is 0 Å². The predicted octanol–water partition coefficient (Wildman–Crippen LogP) is 4.10. The van der Waals surface area contributed by atoms with E-state index in [-0.39, 0.29) is 0 Å². The first-order valence-electron chi connectivity index (χ1n) is 7.35. The van der Waals surface area contributed by atoms with Crippen molar-refractivity contribution in [2.75, 3.05) is 19.6 Å². The quantitative estimate of drug-likeness (QED) is 0.778. The van der Waals surface area contributed by atoms with Gasteiger partial charge < -0.3 is 5.73 Å². The molecule has 0 heterocycles. The van der Waals surface area contributed by atoms with Crippen LogP contribution in [0.5, 0.6) is 0 Å². The van der Waals surface area contributed by atoms with E-state index in [1.165, 1.54) is 18.4 Å². The summed E-state index contributed by atoms with van der Waals surface area (Å²) in [6.45, 7) is 9.54. The smallest absolute Gasteiger partial charge is 0.0470 e. The molecule has 1 aromatic carbocycles. The first kappa shape index (κ1) is 16.5. The van der Waals surface area contributed by atoms with Crippen LogP contribution in [0.25, 0.3) is 0 Å². The maximum atomic E-state index is 6.00. The van der Waals surface area contributed by atoms with E-state index in [0.29, 0.717) is 12.6 Å². The van der Waals surface area contributed by atoms with E-state index in [0.717, 1.165) is 24.0 Å². The minimum Gasteiger partial charge on any atom is -0.329 e. The lowest BCUT2D eigenvalue weighted by atomic mass is 9.99. The molecule has 0 aliphatic heterocycles. The number of hydrogen-bond donors (Lipinski definition) is 1. The maximum absolute atomic E-state index is 6.00. The van der Waals surface area contributed by atoms with Crippen molar-refractivity contribution in [2.24, 2.45) is 11.7 Å². The summed E-state index contributed by atoms with van der Waals surface area (Å²) in [5.41, 5.74) is 7.27. The van der Waals surface area contributed by atoms with Gasteiger partial charge in [0.15, 0.2) is 0 Å². The molecule has 1 atom stereocenters. The Hall–Kier alpha value is -0.570. The number of nitrogens with two attached hydrogens (primary N) is 1. The third-order valence-corrected chi connectivity index (χ3v) is 4.22. The molecule has 0 radical (unpaired) electrons. The minimum absolute atomic E-state index is 0.294. The third-order valence-electron chi connectivity index (χ3n) is 3.97. The van der Waals surface area contributed by atoms with Crippen molar-refractivity contribution in [2.45, 2.75) is 39.7 Å². The Bertz CT molecular complexity index is 346. The van der Waals surface area contributed by atoms with Crippen molar-refractivity contribution in [3.63, 3.8) is 0 Å². The normalized spacial score (nSPS) is 13.2. The van der Waals surface area contributed by atoms with Gasteiger partial charge in [-0.05, 0) is 30.2 Å². The van der Waals surface area contributed by atoms with Gasteiger partial charge in [0.25, 0.3) is 0 Å². The van der Waals surface area contributed by atoms with Crippen molar-refractivity contribution in [3.8, 4) is 0 Å². The van der Waals surface area contributed by atoms with Crippen LogP contribution in [0.15, 0.2) is 24.3 Å². The van der Waals surface area contributed by atoms with Crippen LogP contribution in [-0.4, -0.2) is 24.5 Å².